The minimum atomic E-state index is -3.69. The Hall–Kier alpha value is -2.16. The average Bonchev–Trinajstić information content (AvgIpc) is 3.18. The van der Waals surface area contributed by atoms with Crippen molar-refractivity contribution >= 4 is 26.5 Å². The van der Waals surface area contributed by atoms with Crippen LogP contribution in [0.4, 0.5) is 5.13 Å². The highest BCUT2D eigenvalue weighted by molar-refractivity contribution is 7.89. The lowest BCUT2D eigenvalue weighted by Gasteiger charge is -2.10. The van der Waals surface area contributed by atoms with Crippen molar-refractivity contribution in [3.63, 3.8) is 0 Å². The number of hydrogen-bond acceptors (Lipinski definition) is 5. The van der Waals surface area contributed by atoms with Gasteiger partial charge in [-0.2, -0.15) is 0 Å². The third kappa shape index (κ3) is 3.27. The zero-order valence-electron chi connectivity index (χ0n) is 14.6. The monoisotopic (exact) mass is 388 g/mol. The van der Waals surface area contributed by atoms with Gasteiger partial charge in [-0.25, -0.2) is 18.5 Å². The van der Waals surface area contributed by atoms with Crippen LogP contribution in [0.1, 0.15) is 24.2 Å². The number of hydrogen-bond donors (Lipinski definition) is 2. The molecule has 26 heavy (non-hydrogen) atoms. The number of rotatable bonds is 5. The van der Waals surface area contributed by atoms with E-state index in [9.17, 15) is 8.42 Å². The molecule has 136 valence electrons. The van der Waals surface area contributed by atoms with Crippen molar-refractivity contribution in [2.75, 3.05) is 5.32 Å². The quantitative estimate of drug-likeness (QED) is 0.700. The van der Waals surface area contributed by atoms with E-state index < -0.39 is 10.0 Å². The highest BCUT2D eigenvalue weighted by Crippen LogP contribution is 2.33. The largest absolute Gasteiger partial charge is 0.359 e. The summed E-state index contributed by atoms with van der Waals surface area (Å²) < 4.78 is 25.0. The van der Waals surface area contributed by atoms with E-state index in [2.05, 4.69) is 21.3 Å². The Morgan fingerprint density at radius 3 is 2.54 bits per heavy atom. The van der Waals surface area contributed by atoms with Crippen LogP contribution in [0.3, 0.4) is 0 Å². The lowest BCUT2D eigenvalue weighted by molar-refractivity contribution is 0.598. The molecule has 0 spiro atoms. The summed E-state index contributed by atoms with van der Waals surface area (Å²) in [5.74, 6) is 0. The third-order valence-electron chi connectivity index (χ3n) is 4.54. The van der Waals surface area contributed by atoms with Gasteiger partial charge in [0.25, 0.3) is 0 Å². The second-order valence-corrected chi connectivity index (χ2v) is 9.04. The SMILES string of the molecule is Cc1cc(-c2csc(NC3CC3)n2)c(C)n1-c1ccc(S(N)(=O)=O)cc1. The van der Waals surface area contributed by atoms with Gasteiger partial charge in [-0.1, -0.05) is 0 Å². The predicted molar refractivity (Wildman–Crippen MR) is 104 cm³/mol. The molecular weight excluding hydrogens is 368 g/mol. The smallest absolute Gasteiger partial charge is 0.238 e. The highest BCUT2D eigenvalue weighted by Gasteiger charge is 2.22. The summed E-state index contributed by atoms with van der Waals surface area (Å²) in [6.45, 7) is 4.07. The van der Waals surface area contributed by atoms with E-state index in [-0.39, 0.29) is 4.90 Å². The first kappa shape index (κ1) is 17.3. The second kappa shape index (κ2) is 6.22. The molecule has 0 atom stereocenters. The van der Waals surface area contributed by atoms with Crippen LogP contribution >= 0.6 is 11.3 Å². The van der Waals surface area contributed by atoms with Crippen molar-refractivity contribution < 1.29 is 8.42 Å². The number of benzene rings is 1. The Morgan fingerprint density at radius 2 is 1.92 bits per heavy atom. The number of sulfonamides is 1. The second-order valence-electron chi connectivity index (χ2n) is 6.62. The van der Waals surface area contributed by atoms with Crippen LogP contribution in [0.5, 0.6) is 0 Å². The van der Waals surface area contributed by atoms with E-state index >= 15 is 0 Å². The molecule has 6 nitrogen and oxygen atoms in total. The van der Waals surface area contributed by atoms with Gasteiger partial charge in [-0.05, 0) is 57.0 Å². The van der Waals surface area contributed by atoms with Crippen LogP contribution in [0.15, 0.2) is 40.6 Å². The molecule has 0 radical (unpaired) electrons. The zero-order chi connectivity index (χ0) is 18.5. The lowest BCUT2D eigenvalue weighted by Crippen LogP contribution is -2.12. The van der Waals surface area contributed by atoms with Gasteiger partial charge in [-0.15, -0.1) is 11.3 Å². The van der Waals surface area contributed by atoms with E-state index in [1.165, 1.54) is 25.0 Å². The topological polar surface area (TPSA) is 90.0 Å². The molecule has 1 fully saturated rings. The van der Waals surface area contributed by atoms with Gasteiger partial charge < -0.3 is 9.88 Å². The molecule has 2 aromatic heterocycles. The molecule has 3 aromatic rings. The number of aryl methyl sites for hydroxylation is 1. The molecule has 1 saturated carbocycles. The molecule has 4 rings (SSSR count). The van der Waals surface area contributed by atoms with Crippen LogP contribution in [0, 0.1) is 13.8 Å². The number of primary sulfonamides is 1. The molecule has 1 aliphatic carbocycles. The molecule has 2 heterocycles. The predicted octanol–water partition coefficient (Wildman–Crippen LogP) is 3.44. The Balaban J connectivity index is 1.69. The van der Waals surface area contributed by atoms with E-state index in [0.29, 0.717) is 6.04 Å². The fourth-order valence-corrected chi connectivity index (χ4v) is 4.37. The van der Waals surface area contributed by atoms with Crippen molar-refractivity contribution in [1.82, 2.24) is 9.55 Å². The van der Waals surface area contributed by atoms with Crippen molar-refractivity contribution in [3.8, 4) is 16.9 Å². The van der Waals surface area contributed by atoms with Gasteiger partial charge in [0.2, 0.25) is 10.0 Å². The lowest BCUT2D eigenvalue weighted by atomic mass is 10.2. The first-order chi connectivity index (χ1) is 12.3. The van der Waals surface area contributed by atoms with Crippen molar-refractivity contribution in [2.24, 2.45) is 5.14 Å². The van der Waals surface area contributed by atoms with Crippen LogP contribution in [-0.4, -0.2) is 24.0 Å². The highest BCUT2D eigenvalue weighted by atomic mass is 32.2. The summed E-state index contributed by atoms with van der Waals surface area (Å²) in [6, 6.07) is 9.29. The molecule has 1 aromatic carbocycles. The molecule has 8 heteroatoms. The molecule has 0 unspecified atom stereocenters. The van der Waals surface area contributed by atoms with Crippen LogP contribution in [0.2, 0.25) is 0 Å². The average molecular weight is 389 g/mol. The first-order valence-corrected chi connectivity index (χ1v) is 10.8. The summed E-state index contributed by atoms with van der Waals surface area (Å²) in [4.78, 5) is 4.82. The fourth-order valence-electron chi connectivity index (χ4n) is 3.07. The van der Waals surface area contributed by atoms with Crippen LogP contribution in [-0.2, 0) is 10.0 Å². The molecular formula is C18H20N4O2S2. The van der Waals surface area contributed by atoms with Crippen molar-refractivity contribution in [3.05, 3.63) is 47.1 Å². The number of nitrogens with zero attached hydrogens (tertiary/aromatic N) is 2. The van der Waals surface area contributed by atoms with E-state index in [1.807, 2.05) is 13.8 Å². The number of thiazole rings is 1. The zero-order valence-corrected chi connectivity index (χ0v) is 16.2. The summed E-state index contributed by atoms with van der Waals surface area (Å²) >= 11 is 1.62. The van der Waals surface area contributed by atoms with Gasteiger partial charge in [0, 0.05) is 34.1 Å². The summed E-state index contributed by atoms with van der Waals surface area (Å²) in [6.07, 6.45) is 2.44. The Labute approximate surface area is 156 Å². The van der Waals surface area contributed by atoms with Crippen LogP contribution in [0.25, 0.3) is 16.9 Å². The number of anilines is 1. The van der Waals surface area contributed by atoms with Gasteiger partial charge in [0.15, 0.2) is 5.13 Å². The first-order valence-electron chi connectivity index (χ1n) is 8.37. The van der Waals surface area contributed by atoms with Crippen molar-refractivity contribution in [2.45, 2.75) is 37.6 Å². The maximum absolute atomic E-state index is 11.4. The Kier molecular flexibility index (Phi) is 4.13. The fraction of sp³-hybridized carbons (Fsp3) is 0.278. The van der Waals surface area contributed by atoms with Gasteiger partial charge in [0.1, 0.15) is 0 Å². The number of nitrogens with two attached hydrogens (primary N) is 1. The molecule has 1 aliphatic rings. The van der Waals surface area contributed by atoms with Gasteiger partial charge in [0.05, 0.1) is 10.6 Å². The van der Waals surface area contributed by atoms with E-state index in [4.69, 9.17) is 10.1 Å². The third-order valence-corrected chi connectivity index (χ3v) is 6.24. The molecule has 0 amide bonds. The van der Waals surface area contributed by atoms with Crippen LogP contribution < -0.4 is 10.5 Å². The number of aromatic nitrogens is 2. The molecule has 0 aliphatic heterocycles. The minimum absolute atomic E-state index is 0.110. The summed E-state index contributed by atoms with van der Waals surface area (Å²) in [5, 5.41) is 11.6. The Morgan fingerprint density at radius 1 is 1.23 bits per heavy atom. The standard InChI is InChI=1S/C18H20N4O2S2/c1-11-9-16(17-10-25-18(21-17)20-13-3-4-13)12(2)22(11)14-5-7-15(8-6-14)26(19,23)24/h5-10,13H,3-4H2,1-2H3,(H,20,21)(H2,19,23,24). The maximum atomic E-state index is 11.4. The summed E-state index contributed by atoms with van der Waals surface area (Å²) in [5.41, 5.74) is 5.06. The number of nitrogens with one attached hydrogen (secondary N) is 1. The van der Waals surface area contributed by atoms with Gasteiger partial charge in [-0.3, -0.25) is 0 Å². The van der Waals surface area contributed by atoms with E-state index in [0.717, 1.165) is 33.5 Å². The molecule has 0 bridgehead atoms. The normalized spacial score (nSPS) is 14.6. The van der Waals surface area contributed by atoms with Gasteiger partial charge >= 0.3 is 0 Å². The molecule has 0 saturated heterocycles. The minimum Gasteiger partial charge on any atom is -0.359 e. The Bertz CT molecular complexity index is 1060. The summed E-state index contributed by atoms with van der Waals surface area (Å²) in [7, 11) is -3.69. The van der Waals surface area contributed by atoms with E-state index in [1.54, 1.807) is 23.5 Å². The maximum Gasteiger partial charge on any atom is 0.238 e. The van der Waals surface area contributed by atoms with Crippen molar-refractivity contribution in [1.29, 1.82) is 0 Å². The molecule has 3 N–H and O–H groups in total.